The molecule has 1 aromatic rings. The first-order valence-electron chi connectivity index (χ1n) is 6.78. The molecule has 0 radical (unpaired) electrons. The number of rotatable bonds is 6. The largest absolute Gasteiger partial charge is 0.383 e. The number of nitrogens with two attached hydrogens (primary N) is 1. The zero-order valence-electron chi connectivity index (χ0n) is 10.7. The van der Waals surface area contributed by atoms with Gasteiger partial charge in [-0.3, -0.25) is 0 Å². The predicted octanol–water partition coefficient (Wildman–Crippen LogP) is 1.38. The fourth-order valence-electron chi connectivity index (χ4n) is 2.68. The number of hydrogen-bond donors (Lipinski definition) is 2. The standard InChI is InChI=1S/C13H19N3O2S/c14-13-12(2-1-7-15-13)19(17,18)16-8-11(9-3-4-9)10-5-6-10/h1-2,7,9-11,16H,3-6,8H2,(H2,14,15). The molecule has 0 unspecified atom stereocenters. The molecule has 0 atom stereocenters. The van der Waals surface area contributed by atoms with Gasteiger partial charge in [0.15, 0.2) is 0 Å². The summed E-state index contributed by atoms with van der Waals surface area (Å²) in [6.45, 7) is 0.534. The van der Waals surface area contributed by atoms with E-state index in [0.717, 1.165) is 11.8 Å². The van der Waals surface area contributed by atoms with Gasteiger partial charge in [-0.2, -0.15) is 0 Å². The van der Waals surface area contributed by atoms with Gasteiger partial charge in [-0.1, -0.05) is 0 Å². The first kappa shape index (κ1) is 12.9. The molecule has 3 rings (SSSR count). The smallest absolute Gasteiger partial charge is 0.244 e. The van der Waals surface area contributed by atoms with Crippen LogP contribution in [-0.2, 0) is 10.0 Å². The van der Waals surface area contributed by atoms with Crippen molar-refractivity contribution in [2.75, 3.05) is 12.3 Å². The Hall–Kier alpha value is -1.14. The highest BCUT2D eigenvalue weighted by Crippen LogP contribution is 2.48. The molecular formula is C13H19N3O2S. The van der Waals surface area contributed by atoms with Crippen molar-refractivity contribution in [1.82, 2.24) is 9.71 Å². The van der Waals surface area contributed by atoms with Crippen LogP contribution in [0.3, 0.4) is 0 Å². The second kappa shape index (κ2) is 4.76. The van der Waals surface area contributed by atoms with Crippen LogP contribution in [-0.4, -0.2) is 19.9 Å². The average molecular weight is 281 g/mol. The maximum Gasteiger partial charge on any atom is 0.244 e. The minimum Gasteiger partial charge on any atom is -0.383 e. The molecule has 3 N–H and O–H groups in total. The van der Waals surface area contributed by atoms with Crippen LogP contribution in [0, 0.1) is 17.8 Å². The predicted molar refractivity (Wildman–Crippen MR) is 72.8 cm³/mol. The van der Waals surface area contributed by atoms with Gasteiger partial charge in [0.2, 0.25) is 10.0 Å². The molecule has 0 aromatic carbocycles. The molecule has 19 heavy (non-hydrogen) atoms. The van der Waals surface area contributed by atoms with Gasteiger partial charge in [-0.25, -0.2) is 18.1 Å². The van der Waals surface area contributed by atoms with Crippen LogP contribution >= 0.6 is 0 Å². The fourth-order valence-corrected chi connectivity index (χ4v) is 3.83. The Bertz CT molecular complexity index is 553. The number of pyridine rings is 1. The quantitative estimate of drug-likeness (QED) is 0.825. The highest BCUT2D eigenvalue weighted by Gasteiger charge is 2.41. The van der Waals surface area contributed by atoms with E-state index in [0.29, 0.717) is 12.5 Å². The molecule has 0 aliphatic heterocycles. The number of anilines is 1. The van der Waals surface area contributed by atoms with E-state index in [-0.39, 0.29) is 10.7 Å². The van der Waals surface area contributed by atoms with Crippen molar-refractivity contribution in [2.45, 2.75) is 30.6 Å². The summed E-state index contributed by atoms with van der Waals surface area (Å²) in [6.07, 6.45) is 6.48. The molecule has 0 spiro atoms. The highest BCUT2D eigenvalue weighted by molar-refractivity contribution is 7.89. The average Bonchev–Trinajstić information content (AvgIpc) is 3.24. The molecule has 1 aromatic heterocycles. The topological polar surface area (TPSA) is 85.1 Å². The lowest BCUT2D eigenvalue weighted by molar-refractivity contribution is 0.401. The van der Waals surface area contributed by atoms with Gasteiger partial charge < -0.3 is 5.73 Å². The zero-order valence-corrected chi connectivity index (χ0v) is 11.6. The van der Waals surface area contributed by atoms with Gasteiger partial charge in [0.25, 0.3) is 0 Å². The van der Waals surface area contributed by atoms with E-state index < -0.39 is 10.0 Å². The monoisotopic (exact) mass is 281 g/mol. The first-order chi connectivity index (χ1) is 9.08. The zero-order chi connectivity index (χ0) is 13.5. The van der Waals surface area contributed by atoms with Gasteiger partial charge in [-0.15, -0.1) is 0 Å². The lowest BCUT2D eigenvalue weighted by Gasteiger charge is -2.16. The second-order valence-corrected chi connectivity index (χ2v) is 7.31. The van der Waals surface area contributed by atoms with E-state index in [1.165, 1.54) is 37.9 Å². The van der Waals surface area contributed by atoms with Gasteiger partial charge >= 0.3 is 0 Å². The van der Waals surface area contributed by atoms with Crippen molar-refractivity contribution < 1.29 is 8.42 Å². The summed E-state index contributed by atoms with van der Waals surface area (Å²) >= 11 is 0. The van der Waals surface area contributed by atoms with E-state index in [4.69, 9.17) is 5.73 Å². The van der Waals surface area contributed by atoms with Crippen LogP contribution in [0.1, 0.15) is 25.7 Å². The maximum absolute atomic E-state index is 12.2. The van der Waals surface area contributed by atoms with Crippen LogP contribution in [0.5, 0.6) is 0 Å². The van der Waals surface area contributed by atoms with E-state index >= 15 is 0 Å². The van der Waals surface area contributed by atoms with E-state index in [9.17, 15) is 8.42 Å². The molecule has 2 aliphatic rings. The van der Waals surface area contributed by atoms with Crippen molar-refractivity contribution in [3.63, 3.8) is 0 Å². The first-order valence-corrected chi connectivity index (χ1v) is 8.26. The Kier molecular flexibility index (Phi) is 3.22. The molecule has 6 heteroatoms. The van der Waals surface area contributed by atoms with E-state index in [1.807, 2.05) is 0 Å². The third-order valence-electron chi connectivity index (χ3n) is 4.05. The van der Waals surface area contributed by atoms with Gasteiger partial charge in [0.05, 0.1) is 0 Å². The highest BCUT2D eigenvalue weighted by atomic mass is 32.2. The number of nitrogens with one attached hydrogen (secondary N) is 1. The third kappa shape index (κ3) is 2.90. The summed E-state index contributed by atoms with van der Waals surface area (Å²) in [6, 6.07) is 3.08. The molecule has 0 amide bonds. The van der Waals surface area contributed by atoms with E-state index in [2.05, 4.69) is 9.71 Å². The number of hydrogen-bond acceptors (Lipinski definition) is 4. The summed E-state index contributed by atoms with van der Waals surface area (Å²) in [5.41, 5.74) is 5.63. The summed E-state index contributed by atoms with van der Waals surface area (Å²) in [4.78, 5) is 3.91. The summed E-state index contributed by atoms with van der Waals surface area (Å²) in [5.74, 6) is 2.01. The molecule has 0 saturated heterocycles. The SMILES string of the molecule is Nc1ncccc1S(=O)(=O)NCC(C1CC1)C1CC1. The molecule has 2 aliphatic carbocycles. The normalized spacial score (nSPS) is 19.8. The van der Waals surface area contributed by atoms with Gasteiger partial charge in [-0.05, 0) is 55.6 Å². The van der Waals surface area contributed by atoms with Crippen molar-refractivity contribution in [3.05, 3.63) is 18.3 Å². The second-order valence-electron chi connectivity index (χ2n) is 5.58. The summed E-state index contributed by atoms with van der Waals surface area (Å²) in [7, 11) is -3.53. The summed E-state index contributed by atoms with van der Waals surface area (Å²) in [5, 5.41) is 0. The third-order valence-corrected chi connectivity index (χ3v) is 5.52. The van der Waals surface area contributed by atoms with Gasteiger partial charge in [0.1, 0.15) is 10.7 Å². The molecule has 104 valence electrons. The lowest BCUT2D eigenvalue weighted by atomic mass is 9.99. The molecule has 5 nitrogen and oxygen atoms in total. The Labute approximate surface area is 113 Å². The molecule has 2 saturated carbocycles. The van der Waals surface area contributed by atoms with Crippen molar-refractivity contribution in [2.24, 2.45) is 17.8 Å². The lowest BCUT2D eigenvalue weighted by Crippen LogP contribution is -2.31. The minimum atomic E-state index is -3.53. The van der Waals surface area contributed by atoms with Crippen LogP contribution in [0.15, 0.2) is 23.2 Å². The Morgan fingerprint density at radius 1 is 1.32 bits per heavy atom. The van der Waals surface area contributed by atoms with Crippen molar-refractivity contribution in [3.8, 4) is 0 Å². The van der Waals surface area contributed by atoms with Crippen molar-refractivity contribution >= 4 is 15.8 Å². The maximum atomic E-state index is 12.2. The number of sulfonamides is 1. The Morgan fingerprint density at radius 2 is 1.95 bits per heavy atom. The van der Waals surface area contributed by atoms with Gasteiger partial charge in [0, 0.05) is 12.7 Å². The molecule has 0 bridgehead atoms. The van der Waals surface area contributed by atoms with Crippen LogP contribution in [0.2, 0.25) is 0 Å². The minimum absolute atomic E-state index is 0.0596. The Morgan fingerprint density at radius 3 is 2.47 bits per heavy atom. The van der Waals surface area contributed by atoms with Crippen LogP contribution in [0.4, 0.5) is 5.82 Å². The van der Waals surface area contributed by atoms with Crippen molar-refractivity contribution in [1.29, 1.82) is 0 Å². The molecular weight excluding hydrogens is 262 g/mol. The van der Waals surface area contributed by atoms with E-state index in [1.54, 1.807) is 6.07 Å². The molecule has 2 fully saturated rings. The van der Waals surface area contributed by atoms with Crippen LogP contribution in [0.25, 0.3) is 0 Å². The number of nitrogen functional groups attached to an aromatic ring is 1. The fraction of sp³-hybridized carbons (Fsp3) is 0.615. The number of aromatic nitrogens is 1. The Balaban J connectivity index is 1.69. The number of nitrogens with zero attached hydrogens (tertiary/aromatic N) is 1. The summed E-state index contributed by atoms with van der Waals surface area (Å²) < 4.78 is 27.1. The molecule has 1 heterocycles. The van der Waals surface area contributed by atoms with Crippen LogP contribution < -0.4 is 10.5 Å².